The summed E-state index contributed by atoms with van der Waals surface area (Å²) in [5, 5.41) is 0. The van der Waals surface area contributed by atoms with Crippen LogP contribution in [0.5, 0.6) is 11.5 Å². The second-order valence-corrected chi connectivity index (χ2v) is 7.93. The molecule has 7 heteroatoms. The molecule has 30 heavy (non-hydrogen) atoms. The molecule has 0 aliphatic carbocycles. The molecule has 0 saturated carbocycles. The zero-order valence-corrected chi connectivity index (χ0v) is 16.9. The van der Waals surface area contributed by atoms with Crippen LogP contribution in [0, 0.1) is 0 Å². The summed E-state index contributed by atoms with van der Waals surface area (Å²) >= 11 is 1.45. The van der Waals surface area contributed by atoms with Gasteiger partial charge in [-0.25, -0.2) is 0 Å². The predicted octanol–water partition coefficient (Wildman–Crippen LogP) is 5.21. The van der Waals surface area contributed by atoms with Gasteiger partial charge in [-0.2, -0.15) is 0 Å². The fraction of sp³-hybridized carbons (Fsp3) is 0.174. The Bertz CT molecular complexity index is 1090. The van der Waals surface area contributed by atoms with Crippen molar-refractivity contribution in [1.82, 2.24) is 4.90 Å². The van der Waals surface area contributed by atoms with Crippen molar-refractivity contribution >= 4 is 17.2 Å². The van der Waals surface area contributed by atoms with Crippen molar-refractivity contribution in [2.24, 2.45) is 0 Å². The van der Waals surface area contributed by atoms with E-state index in [9.17, 15) is 4.79 Å². The van der Waals surface area contributed by atoms with Gasteiger partial charge in [-0.3, -0.25) is 4.79 Å². The van der Waals surface area contributed by atoms with Crippen molar-refractivity contribution in [3.05, 3.63) is 83.5 Å². The Morgan fingerprint density at radius 1 is 0.867 bits per heavy atom. The average Bonchev–Trinajstić information content (AvgIpc) is 3.55. The molecule has 0 bridgehead atoms. The first-order chi connectivity index (χ1) is 14.8. The molecule has 4 heterocycles. The maximum Gasteiger partial charge on any atom is 0.264 e. The van der Waals surface area contributed by atoms with E-state index in [1.54, 1.807) is 17.4 Å². The molecular formula is C23H19NO5S. The zero-order chi connectivity index (χ0) is 20.3. The summed E-state index contributed by atoms with van der Waals surface area (Å²) in [5.41, 5.74) is 0.993. The fourth-order valence-corrected chi connectivity index (χ4v) is 4.31. The number of hydrogen-bond donors (Lipinski definition) is 0. The number of amides is 1. The Kier molecular flexibility index (Phi) is 5.03. The predicted molar refractivity (Wildman–Crippen MR) is 112 cm³/mol. The number of furan rings is 2. The first-order valence-corrected chi connectivity index (χ1v) is 10.4. The molecule has 5 rings (SSSR count). The lowest BCUT2D eigenvalue weighted by molar-refractivity contribution is 0.0710. The Morgan fingerprint density at radius 3 is 2.23 bits per heavy atom. The molecule has 1 aromatic carbocycles. The molecule has 3 aromatic heterocycles. The molecule has 1 aliphatic rings. The maximum atomic E-state index is 13.3. The second-order valence-electron chi connectivity index (χ2n) is 6.84. The lowest BCUT2D eigenvalue weighted by Gasteiger charge is -2.20. The third kappa shape index (κ3) is 3.84. The number of rotatable bonds is 6. The second kappa shape index (κ2) is 8.12. The lowest BCUT2D eigenvalue weighted by atomic mass is 10.1. The molecule has 1 amide bonds. The highest BCUT2D eigenvalue weighted by Crippen LogP contribution is 2.37. The van der Waals surface area contributed by atoms with Gasteiger partial charge in [-0.05, 0) is 60.2 Å². The third-order valence-corrected chi connectivity index (χ3v) is 5.91. The van der Waals surface area contributed by atoms with Gasteiger partial charge < -0.3 is 23.2 Å². The highest BCUT2D eigenvalue weighted by Gasteiger charge is 2.21. The van der Waals surface area contributed by atoms with Crippen molar-refractivity contribution in [2.45, 2.75) is 13.1 Å². The Morgan fingerprint density at radius 2 is 1.57 bits per heavy atom. The summed E-state index contributed by atoms with van der Waals surface area (Å²) in [6.07, 6.45) is 3.21. The smallest absolute Gasteiger partial charge is 0.264 e. The van der Waals surface area contributed by atoms with Crippen LogP contribution in [-0.4, -0.2) is 24.0 Å². The SMILES string of the molecule is O=C(c1ccc(-c2ccc3c(c2)OCCO3)s1)N(Cc1ccco1)Cc1ccco1. The molecule has 0 spiro atoms. The largest absolute Gasteiger partial charge is 0.486 e. The van der Waals surface area contributed by atoms with E-state index < -0.39 is 0 Å². The normalized spacial score (nSPS) is 12.7. The van der Waals surface area contributed by atoms with Gasteiger partial charge in [-0.15, -0.1) is 11.3 Å². The van der Waals surface area contributed by atoms with Crippen LogP contribution in [0.25, 0.3) is 10.4 Å². The Labute approximate surface area is 177 Å². The van der Waals surface area contributed by atoms with Crippen LogP contribution in [0.15, 0.2) is 76.0 Å². The van der Waals surface area contributed by atoms with Gasteiger partial charge in [0.15, 0.2) is 11.5 Å². The van der Waals surface area contributed by atoms with Crippen molar-refractivity contribution in [3.8, 4) is 21.9 Å². The van der Waals surface area contributed by atoms with Crippen molar-refractivity contribution in [1.29, 1.82) is 0 Å². The molecule has 6 nitrogen and oxygen atoms in total. The maximum absolute atomic E-state index is 13.3. The number of nitrogens with zero attached hydrogens (tertiary/aromatic N) is 1. The van der Waals surface area contributed by atoms with E-state index in [1.807, 2.05) is 54.6 Å². The number of benzene rings is 1. The standard InChI is InChI=1S/C23H19NO5S/c25-23(24(14-17-3-1-9-26-17)15-18-4-2-10-27-18)22-8-7-21(30-22)16-5-6-19-20(13-16)29-12-11-28-19/h1-10,13H,11-12,14-15H2. The highest BCUT2D eigenvalue weighted by molar-refractivity contribution is 7.17. The van der Waals surface area contributed by atoms with Crippen LogP contribution < -0.4 is 9.47 Å². The van der Waals surface area contributed by atoms with Gasteiger partial charge in [0.05, 0.1) is 30.5 Å². The number of thiophene rings is 1. The molecule has 152 valence electrons. The Hall–Kier alpha value is -3.45. The summed E-state index contributed by atoms with van der Waals surface area (Å²) in [6, 6.07) is 17.0. The topological polar surface area (TPSA) is 65.1 Å². The molecule has 0 radical (unpaired) electrons. The quantitative estimate of drug-likeness (QED) is 0.427. The molecule has 0 unspecified atom stereocenters. The molecule has 0 N–H and O–H groups in total. The highest BCUT2D eigenvalue weighted by atomic mass is 32.1. The van der Waals surface area contributed by atoms with Gasteiger partial charge in [0.2, 0.25) is 0 Å². The summed E-state index contributed by atoms with van der Waals surface area (Å²) in [7, 11) is 0. The van der Waals surface area contributed by atoms with Crippen LogP contribution in [-0.2, 0) is 13.1 Å². The molecule has 4 aromatic rings. The van der Waals surface area contributed by atoms with Crippen molar-refractivity contribution in [3.63, 3.8) is 0 Å². The van der Waals surface area contributed by atoms with Crippen LogP contribution in [0.4, 0.5) is 0 Å². The van der Waals surface area contributed by atoms with E-state index in [0.717, 1.165) is 33.5 Å². The van der Waals surface area contributed by atoms with Gasteiger partial charge >= 0.3 is 0 Å². The summed E-state index contributed by atoms with van der Waals surface area (Å²) in [4.78, 5) is 16.6. The summed E-state index contributed by atoms with van der Waals surface area (Å²) < 4.78 is 22.2. The Balaban J connectivity index is 1.39. The minimum atomic E-state index is -0.0726. The van der Waals surface area contributed by atoms with Crippen LogP contribution in [0.1, 0.15) is 21.2 Å². The minimum Gasteiger partial charge on any atom is -0.486 e. The van der Waals surface area contributed by atoms with E-state index in [4.69, 9.17) is 18.3 Å². The van der Waals surface area contributed by atoms with Gasteiger partial charge in [-0.1, -0.05) is 0 Å². The van der Waals surface area contributed by atoms with Crippen molar-refractivity contribution < 1.29 is 23.1 Å². The monoisotopic (exact) mass is 421 g/mol. The molecule has 0 saturated heterocycles. The minimum absolute atomic E-state index is 0.0726. The first-order valence-electron chi connectivity index (χ1n) is 9.60. The molecule has 1 aliphatic heterocycles. The number of fused-ring (bicyclic) bond motifs is 1. The van der Waals surface area contributed by atoms with Gasteiger partial charge in [0.1, 0.15) is 24.7 Å². The zero-order valence-electron chi connectivity index (χ0n) is 16.1. The van der Waals surface area contributed by atoms with Gasteiger partial charge in [0.25, 0.3) is 5.91 Å². The number of ether oxygens (including phenoxy) is 2. The van der Waals surface area contributed by atoms with E-state index in [2.05, 4.69) is 0 Å². The van der Waals surface area contributed by atoms with E-state index >= 15 is 0 Å². The van der Waals surface area contributed by atoms with Crippen LogP contribution >= 0.6 is 11.3 Å². The third-order valence-electron chi connectivity index (χ3n) is 4.78. The van der Waals surface area contributed by atoms with Gasteiger partial charge in [0, 0.05) is 4.88 Å². The molecular weight excluding hydrogens is 402 g/mol. The summed E-state index contributed by atoms with van der Waals surface area (Å²) in [5.74, 6) is 2.85. The number of hydrogen-bond acceptors (Lipinski definition) is 6. The van der Waals surface area contributed by atoms with Crippen LogP contribution in [0.3, 0.4) is 0 Å². The van der Waals surface area contributed by atoms with Crippen molar-refractivity contribution in [2.75, 3.05) is 13.2 Å². The summed E-state index contributed by atoms with van der Waals surface area (Å²) in [6.45, 7) is 1.83. The molecule has 0 fully saturated rings. The van der Waals surface area contributed by atoms with E-state index in [1.165, 1.54) is 11.3 Å². The average molecular weight is 421 g/mol. The first kappa shape index (κ1) is 18.6. The van der Waals surface area contributed by atoms with E-state index in [-0.39, 0.29) is 5.91 Å². The lowest BCUT2D eigenvalue weighted by Crippen LogP contribution is -2.29. The number of carbonyl (C=O) groups excluding carboxylic acids is 1. The molecule has 0 atom stereocenters. The van der Waals surface area contributed by atoms with Crippen LogP contribution in [0.2, 0.25) is 0 Å². The van der Waals surface area contributed by atoms with E-state index in [0.29, 0.717) is 31.2 Å². The fourth-order valence-electron chi connectivity index (χ4n) is 3.34. The number of carbonyl (C=O) groups is 1.